The van der Waals surface area contributed by atoms with Crippen molar-refractivity contribution in [3.8, 4) is 0 Å². The van der Waals surface area contributed by atoms with Crippen LogP contribution in [0.5, 0.6) is 0 Å². The fourth-order valence-electron chi connectivity index (χ4n) is 3.00. The monoisotopic (exact) mass is 426 g/mol. The average Bonchev–Trinajstić information content (AvgIpc) is 2.63. The molecule has 0 aromatic heterocycles. The molecule has 7 heteroatoms. The molecule has 1 atom stereocenters. The van der Waals surface area contributed by atoms with Crippen LogP contribution < -0.4 is 10.6 Å². The Morgan fingerprint density at radius 3 is 1.97 bits per heavy atom. The second kappa shape index (κ2) is 9.64. The van der Waals surface area contributed by atoms with Crippen molar-refractivity contribution in [3.05, 3.63) is 58.7 Å². The number of carbonyl (C=O) groups excluding carboxylic acids is 3. The molecule has 0 fully saturated rings. The minimum atomic E-state index is -0.979. The average molecular weight is 427 g/mol. The molecule has 0 saturated heterocycles. The third-order valence-corrected chi connectivity index (χ3v) is 4.34. The summed E-state index contributed by atoms with van der Waals surface area (Å²) in [6, 6.07) is 10.1. The number of hydrogen-bond acceptors (Lipinski definition) is 5. The van der Waals surface area contributed by atoms with E-state index in [0.29, 0.717) is 5.69 Å². The number of ether oxygens (including phenoxy) is 2. The first kappa shape index (κ1) is 23.9. The molecule has 31 heavy (non-hydrogen) atoms. The summed E-state index contributed by atoms with van der Waals surface area (Å²) in [7, 11) is 0. The van der Waals surface area contributed by atoms with E-state index in [2.05, 4.69) is 10.6 Å². The topological polar surface area (TPSA) is 93.7 Å². The second-order valence-corrected chi connectivity index (χ2v) is 8.51. The highest BCUT2D eigenvalue weighted by Crippen LogP contribution is 2.22. The van der Waals surface area contributed by atoms with Crippen molar-refractivity contribution in [3.63, 3.8) is 0 Å². The first-order valence-corrected chi connectivity index (χ1v) is 10.1. The van der Waals surface area contributed by atoms with Crippen LogP contribution in [-0.4, -0.2) is 29.7 Å². The van der Waals surface area contributed by atoms with E-state index in [0.717, 1.165) is 22.4 Å². The molecule has 2 rings (SSSR count). The predicted molar refractivity (Wildman–Crippen MR) is 120 cm³/mol. The predicted octanol–water partition coefficient (Wildman–Crippen LogP) is 5.14. The van der Waals surface area contributed by atoms with Crippen molar-refractivity contribution in [2.75, 3.05) is 10.6 Å². The molecule has 0 saturated carbocycles. The third kappa shape index (κ3) is 7.13. The van der Waals surface area contributed by atoms with E-state index in [9.17, 15) is 14.4 Å². The Morgan fingerprint density at radius 1 is 0.903 bits per heavy atom. The van der Waals surface area contributed by atoms with Gasteiger partial charge >= 0.3 is 12.1 Å². The Bertz CT molecular complexity index is 951. The molecule has 0 aliphatic rings. The fraction of sp³-hybridized carbons (Fsp3) is 0.375. The van der Waals surface area contributed by atoms with E-state index in [-0.39, 0.29) is 5.56 Å². The van der Waals surface area contributed by atoms with Crippen molar-refractivity contribution >= 4 is 29.3 Å². The summed E-state index contributed by atoms with van der Waals surface area (Å²) in [5.74, 6) is -1.05. The Morgan fingerprint density at radius 2 is 1.45 bits per heavy atom. The maximum atomic E-state index is 12.5. The van der Waals surface area contributed by atoms with Crippen LogP contribution in [0.2, 0.25) is 0 Å². The number of nitrogens with one attached hydrogen (secondary N) is 2. The van der Waals surface area contributed by atoms with Crippen LogP contribution in [0.1, 0.15) is 54.7 Å². The van der Waals surface area contributed by atoms with Gasteiger partial charge in [0.25, 0.3) is 5.91 Å². The molecule has 0 aliphatic heterocycles. The highest BCUT2D eigenvalue weighted by molar-refractivity contribution is 5.98. The summed E-state index contributed by atoms with van der Waals surface area (Å²) >= 11 is 0. The number of carbonyl (C=O) groups is 3. The van der Waals surface area contributed by atoms with E-state index < -0.39 is 29.7 Å². The number of rotatable bonds is 5. The SMILES string of the molecule is Cc1cc(C)c(NC(=O)[C@@H](C)OC(=O)c2ccc(NC(=O)OC(C)(C)C)cc2)c(C)c1. The lowest BCUT2D eigenvalue weighted by Crippen LogP contribution is -2.30. The summed E-state index contributed by atoms with van der Waals surface area (Å²) < 4.78 is 10.5. The molecule has 166 valence electrons. The number of esters is 1. The lowest BCUT2D eigenvalue weighted by atomic mass is 10.0. The van der Waals surface area contributed by atoms with Gasteiger partial charge in [0.15, 0.2) is 6.10 Å². The number of anilines is 2. The van der Waals surface area contributed by atoms with Gasteiger partial charge < -0.3 is 14.8 Å². The van der Waals surface area contributed by atoms with E-state index in [1.54, 1.807) is 32.9 Å². The quantitative estimate of drug-likeness (QED) is 0.646. The van der Waals surface area contributed by atoms with Crippen molar-refractivity contribution in [2.45, 2.75) is 60.2 Å². The van der Waals surface area contributed by atoms with Crippen LogP contribution in [0.4, 0.5) is 16.2 Å². The van der Waals surface area contributed by atoms with Crippen molar-refractivity contribution in [2.24, 2.45) is 0 Å². The van der Waals surface area contributed by atoms with Crippen LogP contribution in [-0.2, 0) is 14.3 Å². The number of amides is 2. The van der Waals surface area contributed by atoms with Gasteiger partial charge in [0, 0.05) is 11.4 Å². The van der Waals surface area contributed by atoms with Gasteiger partial charge in [-0.25, -0.2) is 9.59 Å². The number of aryl methyl sites for hydroxylation is 3. The molecule has 2 aromatic carbocycles. The molecule has 0 unspecified atom stereocenters. The standard InChI is InChI=1S/C24H30N2O5/c1-14-12-15(2)20(16(3)13-14)26-21(27)17(4)30-22(28)18-8-10-19(11-9-18)25-23(29)31-24(5,6)7/h8-13,17H,1-7H3,(H,25,29)(H,26,27)/t17-/m1/s1. The summed E-state index contributed by atoms with van der Waals surface area (Å²) in [4.78, 5) is 36.7. The zero-order valence-electron chi connectivity index (χ0n) is 19.1. The first-order valence-electron chi connectivity index (χ1n) is 10.1. The minimum Gasteiger partial charge on any atom is -0.449 e. The molecule has 0 bridgehead atoms. The van der Waals surface area contributed by atoms with Crippen LogP contribution in [0.3, 0.4) is 0 Å². The van der Waals surface area contributed by atoms with Gasteiger partial charge in [-0.1, -0.05) is 17.7 Å². The smallest absolute Gasteiger partial charge is 0.412 e. The molecule has 7 nitrogen and oxygen atoms in total. The molecular formula is C24H30N2O5. The number of benzene rings is 2. The zero-order chi connectivity index (χ0) is 23.3. The molecule has 2 amide bonds. The van der Waals surface area contributed by atoms with Crippen molar-refractivity contribution < 1.29 is 23.9 Å². The van der Waals surface area contributed by atoms with Crippen LogP contribution in [0.25, 0.3) is 0 Å². The lowest BCUT2D eigenvalue weighted by molar-refractivity contribution is -0.123. The van der Waals surface area contributed by atoms with Crippen LogP contribution in [0, 0.1) is 20.8 Å². The molecule has 2 aromatic rings. The summed E-state index contributed by atoms with van der Waals surface area (Å²) in [6.45, 7) is 12.6. The van der Waals surface area contributed by atoms with E-state index in [1.165, 1.54) is 19.1 Å². The third-order valence-electron chi connectivity index (χ3n) is 4.34. The Balaban J connectivity index is 1.96. The van der Waals surface area contributed by atoms with E-state index in [4.69, 9.17) is 9.47 Å². The van der Waals surface area contributed by atoms with E-state index in [1.807, 2.05) is 32.9 Å². The highest BCUT2D eigenvalue weighted by Gasteiger charge is 2.21. The maximum Gasteiger partial charge on any atom is 0.412 e. The zero-order valence-corrected chi connectivity index (χ0v) is 19.1. The van der Waals surface area contributed by atoms with Gasteiger partial charge in [-0.2, -0.15) is 0 Å². The molecule has 2 N–H and O–H groups in total. The van der Waals surface area contributed by atoms with Crippen LogP contribution >= 0.6 is 0 Å². The molecule has 0 heterocycles. The van der Waals surface area contributed by atoms with E-state index >= 15 is 0 Å². The molecule has 0 radical (unpaired) electrons. The Hall–Kier alpha value is -3.35. The first-order chi connectivity index (χ1) is 14.4. The van der Waals surface area contributed by atoms with Gasteiger partial charge in [0.2, 0.25) is 0 Å². The summed E-state index contributed by atoms with van der Waals surface area (Å²) in [5.41, 5.74) is 3.84. The Labute approximate surface area is 183 Å². The molecular weight excluding hydrogens is 396 g/mol. The van der Waals surface area contributed by atoms with Gasteiger partial charge in [-0.05, 0) is 83.9 Å². The van der Waals surface area contributed by atoms with Gasteiger partial charge in [-0.3, -0.25) is 10.1 Å². The van der Waals surface area contributed by atoms with Crippen molar-refractivity contribution in [1.29, 1.82) is 0 Å². The lowest BCUT2D eigenvalue weighted by Gasteiger charge is -2.19. The second-order valence-electron chi connectivity index (χ2n) is 8.51. The summed E-state index contributed by atoms with van der Waals surface area (Å²) in [6.07, 6.45) is -1.57. The van der Waals surface area contributed by atoms with Gasteiger partial charge in [0.1, 0.15) is 5.60 Å². The molecule has 0 aliphatic carbocycles. The minimum absolute atomic E-state index is 0.261. The van der Waals surface area contributed by atoms with Gasteiger partial charge in [-0.15, -0.1) is 0 Å². The summed E-state index contributed by atoms with van der Waals surface area (Å²) in [5, 5.41) is 5.42. The highest BCUT2D eigenvalue weighted by atomic mass is 16.6. The van der Waals surface area contributed by atoms with Crippen molar-refractivity contribution in [1.82, 2.24) is 0 Å². The largest absolute Gasteiger partial charge is 0.449 e. The van der Waals surface area contributed by atoms with Crippen LogP contribution in [0.15, 0.2) is 36.4 Å². The molecule has 0 spiro atoms. The number of hydrogen-bond donors (Lipinski definition) is 2. The Kier molecular flexibility index (Phi) is 7.44. The fourth-order valence-corrected chi connectivity index (χ4v) is 3.00. The normalized spacial score (nSPS) is 12.0. The maximum absolute atomic E-state index is 12.5. The van der Waals surface area contributed by atoms with Gasteiger partial charge in [0.05, 0.1) is 5.56 Å².